The fourth-order valence-electron chi connectivity index (χ4n) is 1.62. The van der Waals surface area contributed by atoms with Crippen LogP contribution in [0.1, 0.15) is 63.0 Å². The molecule has 1 heterocycles. The Kier molecular flexibility index (Phi) is 4.13. The second kappa shape index (κ2) is 4.84. The summed E-state index contributed by atoms with van der Waals surface area (Å²) < 4.78 is 0. The molecule has 1 aromatic heterocycles. The first-order valence-corrected chi connectivity index (χ1v) is 6.82. The number of hydrogen-bond donors (Lipinski definition) is 1. The molecule has 0 aromatic carbocycles. The van der Waals surface area contributed by atoms with Crippen molar-refractivity contribution in [1.82, 2.24) is 4.98 Å². The standard InChI is InChI=1S/C13H24N2S/c1-8(2)7-10-11(9(3)4)16-12(15-10)13(5,6)14/h8-9H,7,14H2,1-6H3. The normalized spacial score (nSPS) is 12.8. The van der Waals surface area contributed by atoms with Gasteiger partial charge in [0.05, 0.1) is 11.2 Å². The van der Waals surface area contributed by atoms with Gasteiger partial charge in [-0.2, -0.15) is 0 Å². The van der Waals surface area contributed by atoms with E-state index in [0.717, 1.165) is 11.4 Å². The predicted octanol–water partition coefficient (Wildman–Crippen LogP) is 3.66. The molecule has 2 N–H and O–H groups in total. The molecular formula is C13H24N2S. The molecule has 0 fully saturated rings. The number of aromatic nitrogens is 1. The summed E-state index contributed by atoms with van der Waals surface area (Å²) in [6, 6.07) is 0. The Labute approximate surface area is 103 Å². The van der Waals surface area contributed by atoms with E-state index < -0.39 is 0 Å². The zero-order chi connectivity index (χ0) is 12.5. The van der Waals surface area contributed by atoms with Gasteiger partial charge < -0.3 is 5.73 Å². The number of thiazole rings is 1. The van der Waals surface area contributed by atoms with E-state index >= 15 is 0 Å². The summed E-state index contributed by atoms with van der Waals surface area (Å²) in [6.07, 6.45) is 1.06. The average molecular weight is 240 g/mol. The molecule has 0 saturated heterocycles. The topological polar surface area (TPSA) is 38.9 Å². The third kappa shape index (κ3) is 3.29. The van der Waals surface area contributed by atoms with Crippen molar-refractivity contribution in [3.63, 3.8) is 0 Å². The van der Waals surface area contributed by atoms with Crippen LogP contribution in [-0.4, -0.2) is 4.98 Å². The third-order valence-electron chi connectivity index (χ3n) is 2.40. The Hall–Kier alpha value is -0.410. The minimum absolute atomic E-state index is 0.316. The van der Waals surface area contributed by atoms with Gasteiger partial charge in [-0.25, -0.2) is 4.98 Å². The van der Waals surface area contributed by atoms with E-state index in [2.05, 4.69) is 27.7 Å². The first-order valence-electron chi connectivity index (χ1n) is 6.00. The molecule has 0 bridgehead atoms. The first-order chi connectivity index (χ1) is 7.21. The molecule has 0 aliphatic heterocycles. The molecule has 0 amide bonds. The zero-order valence-electron chi connectivity index (χ0n) is 11.3. The first kappa shape index (κ1) is 13.7. The van der Waals surface area contributed by atoms with Gasteiger partial charge in [-0.05, 0) is 32.1 Å². The molecule has 2 nitrogen and oxygen atoms in total. The number of hydrogen-bond acceptors (Lipinski definition) is 3. The summed E-state index contributed by atoms with van der Waals surface area (Å²) in [4.78, 5) is 6.14. The Bertz CT molecular complexity index is 345. The summed E-state index contributed by atoms with van der Waals surface area (Å²) >= 11 is 1.78. The molecule has 92 valence electrons. The summed E-state index contributed by atoms with van der Waals surface area (Å²) in [6.45, 7) is 13.0. The highest BCUT2D eigenvalue weighted by Crippen LogP contribution is 2.32. The lowest BCUT2D eigenvalue weighted by Crippen LogP contribution is -2.28. The van der Waals surface area contributed by atoms with Crippen LogP contribution in [0.15, 0.2) is 0 Å². The number of rotatable bonds is 4. The van der Waals surface area contributed by atoms with Gasteiger partial charge in [0, 0.05) is 4.88 Å². The Morgan fingerprint density at radius 2 is 1.81 bits per heavy atom. The molecule has 0 saturated carbocycles. The summed E-state index contributed by atoms with van der Waals surface area (Å²) in [5.74, 6) is 1.19. The van der Waals surface area contributed by atoms with E-state index in [1.165, 1.54) is 10.6 Å². The average Bonchev–Trinajstić information content (AvgIpc) is 2.45. The molecule has 0 aliphatic carbocycles. The van der Waals surface area contributed by atoms with Crippen molar-refractivity contribution in [2.75, 3.05) is 0 Å². The van der Waals surface area contributed by atoms with Crippen molar-refractivity contribution in [2.24, 2.45) is 11.7 Å². The maximum absolute atomic E-state index is 6.12. The summed E-state index contributed by atoms with van der Waals surface area (Å²) in [7, 11) is 0. The highest BCUT2D eigenvalue weighted by atomic mass is 32.1. The van der Waals surface area contributed by atoms with Crippen molar-refractivity contribution in [2.45, 2.75) is 59.4 Å². The van der Waals surface area contributed by atoms with Gasteiger partial charge >= 0.3 is 0 Å². The molecular weight excluding hydrogens is 216 g/mol. The van der Waals surface area contributed by atoms with Crippen LogP contribution < -0.4 is 5.73 Å². The lowest BCUT2D eigenvalue weighted by Gasteiger charge is -2.14. The van der Waals surface area contributed by atoms with Gasteiger partial charge in [0.25, 0.3) is 0 Å². The molecule has 16 heavy (non-hydrogen) atoms. The second-order valence-electron chi connectivity index (χ2n) is 5.80. The Morgan fingerprint density at radius 3 is 2.19 bits per heavy atom. The van der Waals surface area contributed by atoms with E-state index in [9.17, 15) is 0 Å². The maximum Gasteiger partial charge on any atom is 0.112 e. The van der Waals surface area contributed by atoms with Crippen molar-refractivity contribution >= 4 is 11.3 Å². The van der Waals surface area contributed by atoms with Crippen LogP contribution in [0.25, 0.3) is 0 Å². The molecule has 1 aromatic rings. The lowest BCUT2D eigenvalue weighted by atomic mass is 10.0. The summed E-state index contributed by atoms with van der Waals surface area (Å²) in [5, 5.41) is 1.06. The minimum atomic E-state index is -0.316. The van der Waals surface area contributed by atoms with Gasteiger partial charge in [-0.3, -0.25) is 0 Å². The SMILES string of the molecule is CC(C)Cc1nc(C(C)(C)N)sc1C(C)C. The van der Waals surface area contributed by atoms with Crippen LogP contribution in [0.5, 0.6) is 0 Å². The highest BCUT2D eigenvalue weighted by Gasteiger charge is 2.23. The van der Waals surface area contributed by atoms with Gasteiger partial charge in [0.1, 0.15) is 5.01 Å². The molecule has 1 rings (SSSR count). The maximum atomic E-state index is 6.12. The Balaban J connectivity index is 3.10. The van der Waals surface area contributed by atoms with E-state index in [1.54, 1.807) is 11.3 Å². The van der Waals surface area contributed by atoms with Crippen LogP contribution in [0.2, 0.25) is 0 Å². The van der Waals surface area contributed by atoms with Crippen LogP contribution in [0.3, 0.4) is 0 Å². The van der Waals surface area contributed by atoms with E-state index in [4.69, 9.17) is 10.7 Å². The van der Waals surface area contributed by atoms with Gasteiger partial charge in [0.2, 0.25) is 0 Å². The summed E-state index contributed by atoms with van der Waals surface area (Å²) in [5.41, 5.74) is 7.06. The quantitative estimate of drug-likeness (QED) is 0.872. The molecule has 3 heteroatoms. The van der Waals surface area contributed by atoms with Crippen LogP contribution in [0, 0.1) is 5.92 Å². The highest BCUT2D eigenvalue weighted by molar-refractivity contribution is 7.12. The van der Waals surface area contributed by atoms with E-state index in [1.807, 2.05) is 13.8 Å². The molecule has 0 spiro atoms. The minimum Gasteiger partial charge on any atom is -0.320 e. The van der Waals surface area contributed by atoms with Crippen molar-refractivity contribution in [3.8, 4) is 0 Å². The molecule has 0 unspecified atom stereocenters. The smallest absolute Gasteiger partial charge is 0.112 e. The van der Waals surface area contributed by atoms with Crippen LogP contribution in [0.4, 0.5) is 0 Å². The monoisotopic (exact) mass is 240 g/mol. The van der Waals surface area contributed by atoms with Crippen molar-refractivity contribution < 1.29 is 0 Å². The fraction of sp³-hybridized carbons (Fsp3) is 0.769. The molecule has 0 radical (unpaired) electrons. The largest absolute Gasteiger partial charge is 0.320 e. The molecule has 0 atom stereocenters. The van der Waals surface area contributed by atoms with E-state index in [0.29, 0.717) is 11.8 Å². The Morgan fingerprint density at radius 1 is 1.25 bits per heavy atom. The third-order valence-corrected chi connectivity index (χ3v) is 4.14. The number of nitrogens with zero attached hydrogens (tertiary/aromatic N) is 1. The van der Waals surface area contributed by atoms with Gasteiger partial charge in [0.15, 0.2) is 0 Å². The van der Waals surface area contributed by atoms with Gasteiger partial charge in [-0.15, -0.1) is 11.3 Å². The number of nitrogens with two attached hydrogens (primary N) is 1. The van der Waals surface area contributed by atoms with Crippen LogP contribution in [-0.2, 0) is 12.0 Å². The van der Waals surface area contributed by atoms with Gasteiger partial charge in [-0.1, -0.05) is 27.7 Å². The molecule has 0 aliphatic rings. The van der Waals surface area contributed by atoms with Crippen molar-refractivity contribution in [3.05, 3.63) is 15.6 Å². The predicted molar refractivity (Wildman–Crippen MR) is 72.0 cm³/mol. The van der Waals surface area contributed by atoms with E-state index in [-0.39, 0.29) is 5.54 Å². The lowest BCUT2D eigenvalue weighted by molar-refractivity contribution is 0.544. The fourth-order valence-corrected chi connectivity index (χ4v) is 2.73. The second-order valence-corrected chi connectivity index (χ2v) is 6.83. The van der Waals surface area contributed by atoms with Crippen molar-refractivity contribution in [1.29, 1.82) is 0 Å². The zero-order valence-corrected chi connectivity index (χ0v) is 12.1. The van der Waals surface area contributed by atoms with Crippen LogP contribution >= 0.6 is 11.3 Å².